The van der Waals surface area contributed by atoms with Gasteiger partial charge in [-0.2, -0.15) is 0 Å². The van der Waals surface area contributed by atoms with Gasteiger partial charge in [-0.25, -0.2) is 4.98 Å². The van der Waals surface area contributed by atoms with E-state index in [4.69, 9.17) is 21.1 Å². The highest BCUT2D eigenvalue weighted by Gasteiger charge is 2.07. The zero-order chi connectivity index (χ0) is 15.1. The first-order valence-electron chi connectivity index (χ1n) is 6.94. The average Bonchev–Trinajstić information content (AvgIpc) is 2.52. The first-order chi connectivity index (χ1) is 10.2. The fourth-order valence-electron chi connectivity index (χ4n) is 1.92. The lowest BCUT2D eigenvalue weighted by Crippen LogP contribution is -2.81. The number of quaternary nitrogens is 1. The van der Waals surface area contributed by atoms with Crippen LogP contribution in [0.1, 0.15) is 18.1 Å². The van der Waals surface area contributed by atoms with Crippen molar-refractivity contribution >= 4 is 11.6 Å². The Morgan fingerprint density at radius 2 is 1.95 bits per heavy atom. The second-order valence-electron chi connectivity index (χ2n) is 4.66. The van der Waals surface area contributed by atoms with Crippen molar-refractivity contribution in [2.75, 3.05) is 13.7 Å². The first kappa shape index (κ1) is 15.6. The Balaban J connectivity index is 2.03. The lowest BCUT2D eigenvalue weighted by atomic mass is 10.2. The molecule has 0 aliphatic carbocycles. The SMILES string of the molecule is CC[NH2+]Cc1ccc(OCc2ccc(Cl)nc2)c(OC)c1. The third-order valence-corrected chi connectivity index (χ3v) is 3.30. The van der Waals surface area contributed by atoms with E-state index in [0.717, 1.165) is 30.2 Å². The second kappa shape index (κ2) is 7.86. The van der Waals surface area contributed by atoms with Gasteiger partial charge in [-0.05, 0) is 31.2 Å². The molecule has 2 rings (SSSR count). The number of hydrogen-bond acceptors (Lipinski definition) is 3. The molecular weight excluding hydrogens is 288 g/mol. The summed E-state index contributed by atoms with van der Waals surface area (Å²) in [7, 11) is 1.65. The van der Waals surface area contributed by atoms with Crippen molar-refractivity contribution in [1.29, 1.82) is 0 Å². The zero-order valence-corrected chi connectivity index (χ0v) is 13.1. The molecular formula is C16H20ClN2O2+. The maximum atomic E-state index is 5.80. The summed E-state index contributed by atoms with van der Waals surface area (Å²) in [6, 6.07) is 9.67. The minimum absolute atomic E-state index is 0.432. The molecule has 0 unspecified atom stereocenters. The summed E-state index contributed by atoms with van der Waals surface area (Å²) in [5.74, 6) is 1.48. The Morgan fingerprint density at radius 3 is 2.62 bits per heavy atom. The standard InChI is InChI=1S/C16H19ClN2O2/c1-3-18-9-12-4-6-14(15(8-12)20-2)21-11-13-5-7-16(17)19-10-13/h4-8,10,18H,3,9,11H2,1-2H3/p+1. The molecule has 0 radical (unpaired) electrons. The Morgan fingerprint density at radius 1 is 1.14 bits per heavy atom. The number of halogens is 1. The molecule has 1 aromatic carbocycles. The predicted octanol–water partition coefficient (Wildman–Crippen LogP) is 2.41. The van der Waals surface area contributed by atoms with Crippen LogP contribution in [0.15, 0.2) is 36.5 Å². The van der Waals surface area contributed by atoms with E-state index >= 15 is 0 Å². The molecule has 0 saturated heterocycles. The number of aromatic nitrogens is 1. The molecule has 0 fully saturated rings. The number of benzene rings is 1. The summed E-state index contributed by atoms with van der Waals surface area (Å²) in [4.78, 5) is 4.03. The van der Waals surface area contributed by atoms with Crippen molar-refractivity contribution in [2.24, 2.45) is 0 Å². The minimum atomic E-state index is 0.432. The molecule has 5 heteroatoms. The molecule has 2 aromatic rings. The van der Waals surface area contributed by atoms with Crippen LogP contribution in [0.25, 0.3) is 0 Å². The van der Waals surface area contributed by atoms with Crippen LogP contribution in [-0.2, 0) is 13.2 Å². The van der Waals surface area contributed by atoms with Crippen LogP contribution < -0.4 is 14.8 Å². The van der Waals surface area contributed by atoms with E-state index < -0.39 is 0 Å². The van der Waals surface area contributed by atoms with Crippen molar-refractivity contribution in [3.8, 4) is 11.5 Å². The Hall–Kier alpha value is -1.78. The number of methoxy groups -OCH3 is 1. The van der Waals surface area contributed by atoms with Crippen LogP contribution >= 0.6 is 11.6 Å². The molecule has 1 heterocycles. The molecule has 21 heavy (non-hydrogen) atoms. The lowest BCUT2D eigenvalue weighted by Gasteiger charge is -2.12. The van der Waals surface area contributed by atoms with Crippen molar-refractivity contribution < 1.29 is 14.8 Å². The van der Waals surface area contributed by atoms with E-state index in [0.29, 0.717) is 11.8 Å². The van der Waals surface area contributed by atoms with Crippen molar-refractivity contribution in [3.05, 3.63) is 52.8 Å². The summed E-state index contributed by atoms with van der Waals surface area (Å²) in [5.41, 5.74) is 2.18. The summed E-state index contributed by atoms with van der Waals surface area (Å²) in [5, 5.41) is 2.71. The van der Waals surface area contributed by atoms with Gasteiger partial charge >= 0.3 is 0 Å². The highest BCUT2D eigenvalue weighted by atomic mass is 35.5. The van der Waals surface area contributed by atoms with Crippen molar-refractivity contribution in [2.45, 2.75) is 20.1 Å². The van der Waals surface area contributed by atoms with Gasteiger partial charge in [0, 0.05) is 17.3 Å². The van der Waals surface area contributed by atoms with E-state index in [2.05, 4.69) is 23.3 Å². The Labute approximate surface area is 130 Å². The third-order valence-electron chi connectivity index (χ3n) is 3.08. The molecule has 0 aliphatic rings. The molecule has 0 atom stereocenters. The van der Waals surface area contributed by atoms with Gasteiger partial charge in [0.1, 0.15) is 18.3 Å². The van der Waals surface area contributed by atoms with E-state index in [1.807, 2.05) is 18.2 Å². The summed E-state index contributed by atoms with van der Waals surface area (Å²) >= 11 is 5.76. The summed E-state index contributed by atoms with van der Waals surface area (Å²) < 4.78 is 11.2. The van der Waals surface area contributed by atoms with Crippen LogP contribution in [0, 0.1) is 0 Å². The van der Waals surface area contributed by atoms with Gasteiger partial charge < -0.3 is 14.8 Å². The first-order valence-corrected chi connectivity index (χ1v) is 7.32. The third kappa shape index (κ3) is 4.62. The predicted molar refractivity (Wildman–Crippen MR) is 82.7 cm³/mol. The highest BCUT2D eigenvalue weighted by molar-refractivity contribution is 6.29. The largest absolute Gasteiger partial charge is 0.493 e. The van der Waals surface area contributed by atoms with Gasteiger partial charge in [0.25, 0.3) is 0 Å². The maximum absolute atomic E-state index is 5.80. The van der Waals surface area contributed by atoms with Gasteiger partial charge in [0.15, 0.2) is 11.5 Å². The number of ether oxygens (including phenoxy) is 2. The zero-order valence-electron chi connectivity index (χ0n) is 12.3. The van der Waals surface area contributed by atoms with Crippen LogP contribution in [0.2, 0.25) is 5.15 Å². The molecule has 0 spiro atoms. The molecule has 1 aromatic heterocycles. The van der Waals surface area contributed by atoms with Crippen LogP contribution in [0.4, 0.5) is 0 Å². The van der Waals surface area contributed by atoms with E-state index in [-0.39, 0.29) is 0 Å². The van der Waals surface area contributed by atoms with Crippen molar-refractivity contribution in [3.63, 3.8) is 0 Å². The Bertz CT molecular complexity index is 573. The monoisotopic (exact) mass is 307 g/mol. The molecule has 112 valence electrons. The summed E-state index contributed by atoms with van der Waals surface area (Å²) in [6.07, 6.45) is 1.71. The molecule has 2 N–H and O–H groups in total. The molecule has 0 aliphatic heterocycles. The van der Waals surface area contributed by atoms with Gasteiger partial charge in [0.2, 0.25) is 0 Å². The van der Waals surface area contributed by atoms with Crippen LogP contribution in [-0.4, -0.2) is 18.6 Å². The molecule has 0 amide bonds. The number of nitrogens with two attached hydrogens (primary N) is 1. The number of rotatable bonds is 7. The van der Waals surface area contributed by atoms with E-state index in [9.17, 15) is 0 Å². The lowest BCUT2D eigenvalue weighted by molar-refractivity contribution is -0.667. The van der Waals surface area contributed by atoms with Crippen molar-refractivity contribution in [1.82, 2.24) is 4.98 Å². The Kier molecular flexibility index (Phi) is 5.84. The number of hydrogen-bond donors (Lipinski definition) is 1. The fraction of sp³-hybridized carbons (Fsp3) is 0.312. The normalized spacial score (nSPS) is 10.4. The van der Waals surface area contributed by atoms with Gasteiger partial charge in [-0.3, -0.25) is 0 Å². The molecule has 4 nitrogen and oxygen atoms in total. The second-order valence-corrected chi connectivity index (χ2v) is 5.05. The van der Waals surface area contributed by atoms with Crippen LogP contribution in [0.3, 0.4) is 0 Å². The smallest absolute Gasteiger partial charge is 0.161 e. The minimum Gasteiger partial charge on any atom is -0.493 e. The molecule has 0 saturated carbocycles. The fourth-order valence-corrected chi connectivity index (χ4v) is 2.03. The average molecular weight is 308 g/mol. The van der Waals surface area contributed by atoms with Gasteiger partial charge in [-0.1, -0.05) is 17.7 Å². The van der Waals surface area contributed by atoms with Gasteiger partial charge in [0.05, 0.1) is 13.7 Å². The van der Waals surface area contributed by atoms with Crippen LogP contribution in [0.5, 0.6) is 11.5 Å². The molecule has 0 bridgehead atoms. The maximum Gasteiger partial charge on any atom is 0.161 e. The van der Waals surface area contributed by atoms with E-state index in [1.54, 1.807) is 19.4 Å². The highest BCUT2D eigenvalue weighted by Crippen LogP contribution is 2.28. The quantitative estimate of drug-likeness (QED) is 0.799. The summed E-state index contributed by atoms with van der Waals surface area (Å²) in [6.45, 7) is 4.56. The number of pyridine rings is 1. The van der Waals surface area contributed by atoms with Gasteiger partial charge in [-0.15, -0.1) is 0 Å². The number of nitrogens with zero attached hydrogens (tertiary/aromatic N) is 1. The topological polar surface area (TPSA) is 48.0 Å². The van der Waals surface area contributed by atoms with E-state index in [1.165, 1.54) is 5.56 Å².